The van der Waals surface area contributed by atoms with E-state index in [1.165, 1.54) is 5.56 Å². The Hall–Kier alpha value is -1.44. The van der Waals surface area contributed by atoms with Crippen LogP contribution in [0, 0.1) is 0 Å². The van der Waals surface area contributed by atoms with E-state index in [1.807, 2.05) is 25.1 Å². The number of nitrogens with zero attached hydrogens (tertiary/aromatic N) is 2. The van der Waals surface area contributed by atoms with Crippen LogP contribution in [-0.4, -0.2) is 10.7 Å². The molecule has 0 saturated carbocycles. The van der Waals surface area contributed by atoms with Crippen molar-refractivity contribution in [1.29, 1.82) is 0 Å². The predicted molar refractivity (Wildman–Crippen MR) is 60.5 cm³/mol. The van der Waals surface area contributed by atoms with Gasteiger partial charge in [0.1, 0.15) is 0 Å². The number of aliphatic imine (C=N–C) groups is 1. The van der Waals surface area contributed by atoms with Crippen LogP contribution < -0.4 is 0 Å². The third-order valence-electron chi connectivity index (χ3n) is 1.94. The smallest absolute Gasteiger partial charge is 0.0644 e. The molecule has 0 aliphatic heterocycles. The summed E-state index contributed by atoms with van der Waals surface area (Å²) in [5, 5.41) is 0. The summed E-state index contributed by atoms with van der Waals surface area (Å²) < 4.78 is 0. The number of allylic oxidation sites excluding steroid dienone is 2. The van der Waals surface area contributed by atoms with Crippen LogP contribution in [-0.2, 0) is 6.54 Å². The maximum absolute atomic E-state index is 4.50. The van der Waals surface area contributed by atoms with Crippen molar-refractivity contribution >= 4 is 5.71 Å². The molecule has 1 aromatic rings. The fourth-order valence-electron chi connectivity index (χ4n) is 1.16. The summed E-state index contributed by atoms with van der Waals surface area (Å²) in [6.45, 7) is 4.87. The van der Waals surface area contributed by atoms with Crippen molar-refractivity contribution in [2.75, 3.05) is 0 Å². The van der Waals surface area contributed by atoms with E-state index in [1.54, 1.807) is 12.4 Å². The first-order valence-corrected chi connectivity index (χ1v) is 4.91. The summed E-state index contributed by atoms with van der Waals surface area (Å²) in [5.74, 6) is 0. The number of hydrogen-bond acceptors (Lipinski definition) is 2. The molecule has 14 heavy (non-hydrogen) atoms. The highest BCUT2D eigenvalue weighted by molar-refractivity contribution is 5.94. The fourth-order valence-corrected chi connectivity index (χ4v) is 1.16. The average molecular weight is 188 g/mol. The lowest BCUT2D eigenvalue weighted by molar-refractivity contribution is 1.04. The van der Waals surface area contributed by atoms with Crippen LogP contribution in [0.5, 0.6) is 0 Å². The van der Waals surface area contributed by atoms with Crippen LogP contribution in [0.15, 0.2) is 41.7 Å². The molecule has 0 aliphatic carbocycles. The lowest BCUT2D eigenvalue weighted by atomic mass is 10.2. The number of pyridine rings is 1. The lowest BCUT2D eigenvalue weighted by Gasteiger charge is -1.98. The van der Waals surface area contributed by atoms with Gasteiger partial charge >= 0.3 is 0 Å². The monoisotopic (exact) mass is 188 g/mol. The second-order valence-electron chi connectivity index (χ2n) is 3.02. The normalized spacial score (nSPS) is 12.3. The molecule has 1 aromatic heterocycles. The number of aromatic nitrogens is 1. The first kappa shape index (κ1) is 10.6. The molecule has 1 rings (SSSR count). The van der Waals surface area contributed by atoms with E-state index in [4.69, 9.17) is 0 Å². The van der Waals surface area contributed by atoms with Gasteiger partial charge < -0.3 is 0 Å². The summed E-state index contributed by atoms with van der Waals surface area (Å²) in [5.41, 5.74) is 2.35. The Labute approximate surface area is 85.4 Å². The molecule has 0 radical (unpaired) electrons. The van der Waals surface area contributed by atoms with Gasteiger partial charge in [-0.3, -0.25) is 9.98 Å². The first-order valence-electron chi connectivity index (χ1n) is 4.91. The molecule has 0 fully saturated rings. The third-order valence-corrected chi connectivity index (χ3v) is 1.94. The van der Waals surface area contributed by atoms with E-state index in [9.17, 15) is 0 Å². The second-order valence-corrected chi connectivity index (χ2v) is 3.02. The Morgan fingerprint density at radius 1 is 1.43 bits per heavy atom. The number of hydrogen-bond donors (Lipinski definition) is 0. The molecule has 0 N–H and O–H groups in total. The van der Waals surface area contributed by atoms with Crippen molar-refractivity contribution < 1.29 is 0 Å². The molecule has 0 atom stereocenters. The van der Waals surface area contributed by atoms with Crippen molar-refractivity contribution in [1.82, 2.24) is 4.98 Å². The van der Waals surface area contributed by atoms with Crippen LogP contribution in [0.25, 0.3) is 0 Å². The van der Waals surface area contributed by atoms with E-state index in [-0.39, 0.29) is 0 Å². The number of rotatable bonds is 4. The van der Waals surface area contributed by atoms with Gasteiger partial charge in [0.25, 0.3) is 0 Å². The van der Waals surface area contributed by atoms with Gasteiger partial charge in [-0.15, -0.1) is 0 Å². The largest absolute Gasteiger partial charge is 0.285 e. The Balaban J connectivity index is 2.61. The van der Waals surface area contributed by atoms with Crippen molar-refractivity contribution in [3.8, 4) is 0 Å². The van der Waals surface area contributed by atoms with Crippen molar-refractivity contribution in [3.63, 3.8) is 0 Å². The topological polar surface area (TPSA) is 25.2 Å². The first-order chi connectivity index (χ1) is 6.86. The van der Waals surface area contributed by atoms with E-state index in [2.05, 4.69) is 23.0 Å². The van der Waals surface area contributed by atoms with Crippen LogP contribution in [0.1, 0.15) is 25.8 Å². The molecule has 0 unspecified atom stereocenters. The minimum absolute atomic E-state index is 0.746. The molecule has 2 nitrogen and oxygen atoms in total. The van der Waals surface area contributed by atoms with Gasteiger partial charge in [-0.05, 0) is 37.1 Å². The second kappa shape index (κ2) is 6.08. The quantitative estimate of drug-likeness (QED) is 0.667. The van der Waals surface area contributed by atoms with Gasteiger partial charge in [-0.2, -0.15) is 0 Å². The van der Waals surface area contributed by atoms with Crippen LogP contribution in [0.2, 0.25) is 0 Å². The van der Waals surface area contributed by atoms with Gasteiger partial charge in [-0.25, -0.2) is 0 Å². The molecular weight excluding hydrogens is 172 g/mol. The van der Waals surface area contributed by atoms with Gasteiger partial charge in [-0.1, -0.05) is 13.0 Å². The maximum atomic E-state index is 4.50. The van der Waals surface area contributed by atoms with Gasteiger partial charge in [0, 0.05) is 18.1 Å². The van der Waals surface area contributed by atoms with Crippen molar-refractivity contribution in [2.45, 2.75) is 26.8 Å². The summed E-state index contributed by atoms with van der Waals surface area (Å²) in [4.78, 5) is 8.47. The Morgan fingerprint density at radius 2 is 2.14 bits per heavy atom. The Bertz CT molecular complexity index is 312. The van der Waals surface area contributed by atoms with E-state index < -0.39 is 0 Å². The van der Waals surface area contributed by atoms with E-state index >= 15 is 0 Å². The molecule has 0 amide bonds. The van der Waals surface area contributed by atoms with E-state index in [0.717, 1.165) is 18.7 Å². The molecule has 2 heteroatoms. The summed E-state index contributed by atoms with van der Waals surface area (Å²) in [6, 6.07) is 3.98. The van der Waals surface area contributed by atoms with E-state index in [0.29, 0.717) is 0 Å². The van der Waals surface area contributed by atoms with Gasteiger partial charge in [0.05, 0.1) is 6.54 Å². The molecule has 0 saturated heterocycles. The van der Waals surface area contributed by atoms with Crippen molar-refractivity contribution in [3.05, 3.63) is 42.2 Å². The standard InChI is InChI=1S/C12H16N2/c1-3-5-12(4-2)14-10-11-6-8-13-9-7-11/h3,5-9H,4,10H2,1-2H3/b5-3-,14-12?. The molecule has 0 aliphatic rings. The molecule has 74 valence electrons. The highest BCUT2D eigenvalue weighted by atomic mass is 14.7. The van der Waals surface area contributed by atoms with Crippen LogP contribution in [0.3, 0.4) is 0 Å². The lowest BCUT2D eigenvalue weighted by Crippen LogP contribution is -1.92. The highest BCUT2D eigenvalue weighted by Gasteiger charge is 1.91. The summed E-state index contributed by atoms with van der Waals surface area (Å²) in [7, 11) is 0. The molecule has 0 bridgehead atoms. The zero-order chi connectivity index (χ0) is 10.2. The third kappa shape index (κ3) is 3.52. The molecule has 1 heterocycles. The van der Waals surface area contributed by atoms with Crippen LogP contribution >= 0.6 is 0 Å². The van der Waals surface area contributed by atoms with Gasteiger partial charge in [0.15, 0.2) is 0 Å². The van der Waals surface area contributed by atoms with Crippen LogP contribution in [0.4, 0.5) is 0 Å². The summed E-state index contributed by atoms with van der Waals surface area (Å²) in [6.07, 6.45) is 8.66. The zero-order valence-electron chi connectivity index (χ0n) is 8.77. The SMILES string of the molecule is C/C=C\C(CC)=NCc1ccncc1. The zero-order valence-corrected chi connectivity index (χ0v) is 8.77. The van der Waals surface area contributed by atoms with Crippen molar-refractivity contribution in [2.24, 2.45) is 4.99 Å². The minimum Gasteiger partial charge on any atom is -0.285 e. The fraction of sp³-hybridized carbons (Fsp3) is 0.333. The maximum Gasteiger partial charge on any atom is 0.0644 e. The highest BCUT2D eigenvalue weighted by Crippen LogP contribution is 2.00. The summed E-state index contributed by atoms with van der Waals surface area (Å²) >= 11 is 0. The molecular formula is C12H16N2. The Morgan fingerprint density at radius 3 is 2.71 bits per heavy atom. The minimum atomic E-state index is 0.746. The Kier molecular flexibility index (Phi) is 4.62. The average Bonchev–Trinajstić information content (AvgIpc) is 2.25. The molecule has 0 spiro atoms. The molecule has 0 aromatic carbocycles. The van der Waals surface area contributed by atoms with Gasteiger partial charge in [0.2, 0.25) is 0 Å². The predicted octanol–water partition coefficient (Wildman–Crippen LogP) is 3.01.